The van der Waals surface area contributed by atoms with Crippen LogP contribution in [-0.4, -0.2) is 4.98 Å². The molecule has 22 heavy (non-hydrogen) atoms. The second kappa shape index (κ2) is 7.37. The molecule has 0 unspecified atom stereocenters. The van der Waals surface area contributed by atoms with Crippen molar-refractivity contribution in [3.63, 3.8) is 0 Å². The van der Waals surface area contributed by atoms with Gasteiger partial charge in [-0.15, -0.1) is 11.3 Å². The van der Waals surface area contributed by atoms with Crippen LogP contribution < -0.4 is 0 Å². The summed E-state index contributed by atoms with van der Waals surface area (Å²) in [6, 6.07) is 21.2. The fourth-order valence-electron chi connectivity index (χ4n) is 2.55. The van der Waals surface area contributed by atoms with Crippen LogP contribution in [0.3, 0.4) is 0 Å². The van der Waals surface area contributed by atoms with Crippen LogP contribution in [0.25, 0.3) is 10.6 Å². The van der Waals surface area contributed by atoms with E-state index in [1.165, 1.54) is 34.5 Å². The summed E-state index contributed by atoms with van der Waals surface area (Å²) in [7, 11) is 0. The molecule has 0 aliphatic rings. The van der Waals surface area contributed by atoms with Crippen LogP contribution in [0.2, 0.25) is 0 Å². The summed E-state index contributed by atoms with van der Waals surface area (Å²) in [6.07, 6.45) is 4.54. The largest absolute Gasteiger partial charge is 0.240 e. The fraction of sp³-hybridized carbons (Fsp3) is 0.250. The molecule has 2 aromatic carbocycles. The molecule has 0 aliphatic carbocycles. The van der Waals surface area contributed by atoms with Gasteiger partial charge in [-0.05, 0) is 18.4 Å². The first-order chi connectivity index (χ1) is 10.9. The first-order valence-electron chi connectivity index (χ1n) is 7.94. The summed E-state index contributed by atoms with van der Waals surface area (Å²) in [6.45, 7) is 2.25. The normalized spacial score (nSPS) is 10.8. The average molecular weight is 307 g/mol. The van der Waals surface area contributed by atoms with Crippen molar-refractivity contribution in [1.29, 1.82) is 0 Å². The van der Waals surface area contributed by atoms with Crippen LogP contribution in [0.15, 0.2) is 60.7 Å². The Morgan fingerprint density at radius 3 is 2.27 bits per heavy atom. The van der Waals surface area contributed by atoms with Crippen molar-refractivity contribution in [3.8, 4) is 10.6 Å². The highest BCUT2D eigenvalue weighted by Gasteiger charge is 2.12. The zero-order valence-electron chi connectivity index (χ0n) is 13.0. The van der Waals surface area contributed by atoms with Crippen molar-refractivity contribution >= 4 is 11.3 Å². The Morgan fingerprint density at radius 2 is 1.59 bits per heavy atom. The van der Waals surface area contributed by atoms with Crippen LogP contribution in [0.4, 0.5) is 0 Å². The minimum absolute atomic E-state index is 0.934. The van der Waals surface area contributed by atoms with Gasteiger partial charge in [-0.3, -0.25) is 0 Å². The van der Waals surface area contributed by atoms with Gasteiger partial charge in [0.25, 0.3) is 0 Å². The number of hydrogen-bond acceptors (Lipinski definition) is 2. The van der Waals surface area contributed by atoms with Crippen molar-refractivity contribution in [2.75, 3.05) is 0 Å². The Hall–Kier alpha value is -1.93. The maximum absolute atomic E-state index is 4.95. The third-order valence-corrected chi connectivity index (χ3v) is 4.98. The van der Waals surface area contributed by atoms with E-state index < -0.39 is 0 Å². The molecule has 0 atom stereocenters. The lowest BCUT2D eigenvalue weighted by atomic mass is 10.1. The van der Waals surface area contributed by atoms with Gasteiger partial charge >= 0.3 is 0 Å². The molecule has 0 spiro atoms. The summed E-state index contributed by atoms with van der Waals surface area (Å²) in [5.41, 5.74) is 3.82. The molecule has 3 aromatic rings. The van der Waals surface area contributed by atoms with E-state index in [1.807, 2.05) is 11.3 Å². The van der Waals surface area contributed by atoms with E-state index in [2.05, 4.69) is 67.6 Å². The summed E-state index contributed by atoms with van der Waals surface area (Å²) in [5, 5.41) is 1.15. The Bertz CT molecular complexity index is 701. The van der Waals surface area contributed by atoms with E-state index in [1.54, 1.807) is 0 Å². The van der Waals surface area contributed by atoms with Crippen molar-refractivity contribution in [3.05, 3.63) is 76.8 Å². The first kappa shape index (κ1) is 15.0. The zero-order chi connectivity index (χ0) is 15.2. The minimum atomic E-state index is 0.934. The highest BCUT2D eigenvalue weighted by molar-refractivity contribution is 7.15. The van der Waals surface area contributed by atoms with Crippen molar-refractivity contribution in [2.45, 2.75) is 32.6 Å². The van der Waals surface area contributed by atoms with Crippen molar-refractivity contribution in [2.24, 2.45) is 0 Å². The molecule has 0 fully saturated rings. The number of unbranched alkanes of at least 4 members (excludes halogenated alkanes) is 1. The molecule has 1 heterocycles. The standard InChI is InChI=1S/C20H21NS/c1-2-3-14-19-18(15-16-10-6-4-7-11-16)21-20(22-19)17-12-8-5-9-13-17/h4-13H,2-3,14-15H2,1H3. The van der Waals surface area contributed by atoms with Gasteiger partial charge in [-0.25, -0.2) is 4.98 Å². The topological polar surface area (TPSA) is 12.9 Å². The number of benzene rings is 2. The maximum atomic E-state index is 4.95. The van der Waals surface area contributed by atoms with E-state index in [0.717, 1.165) is 17.8 Å². The number of thiazole rings is 1. The lowest BCUT2D eigenvalue weighted by Gasteiger charge is -2.02. The Labute approximate surface area is 136 Å². The lowest BCUT2D eigenvalue weighted by Crippen LogP contribution is -1.93. The van der Waals surface area contributed by atoms with Crippen molar-refractivity contribution < 1.29 is 0 Å². The maximum Gasteiger partial charge on any atom is 0.123 e. The third-order valence-electron chi connectivity index (χ3n) is 3.77. The molecule has 0 saturated carbocycles. The molecule has 112 valence electrons. The number of aryl methyl sites for hydroxylation is 1. The predicted octanol–water partition coefficient (Wildman–Crippen LogP) is 5.74. The Morgan fingerprint density at radius 1 is 0.909 bits per heavy atom. The summed E-state index contributed by atoms with van der Waals surface area (Å²) in [4.78, 5) is 6.40. The predicted molar refractivity (Wildman–Crippen MR) is 95.4 cm³/mol. The molecular weight excluding hydrogens is 286 g/mol. The van der Waals surface area contributed by atoms with E-state index in [9.17, 15) is 0 Å². The van der Waals surface area contributed by atoms with E-state index >= 15 is 0 Å². The van der Waals surface area contributed by atoms with Crippen LogP contribution in [-0.2, 0) is 12.8 Å². The minimum Gasteiger partial charge on any atom is -0.240 e. The summed E-state index contributed by atoms with van der Waals surface area (Å²) in [5.74, 6) is 0. The summed E-state index contributed by atoms with van der Waals surface area (Å²) >= 11 is 1.86. The molecule has 0 amide bonds. The first-order valence-corrected chi connectivity index (χ1v) is 8.76. The van der Waals surface area contributed by atoms with Crippen LogP contribution >= 0.6 is 11.3 Å². The monoisotopic (exact) mass is 307 g/mol. The highest BCUT2D eigenvalue weighted by Crippen LogP contribution is 2.30. The molecule has 0 aliphatic heterocycles. The summed E-state index contributed by atoms with van der Waals surface area (Å²) < 4.78 is 0. The molecule has 0 saturated heterocycles. The van der Waals surface area contributed by atoms with Gasteiger partial charge in [0, 0.05) is 16.9 Å². The van der Waals surface area contributed by atoms with E-state index in [0.29, 0.717) is 0 Å². The molecule has 3 rings (SSSR count). The molecule has 0 bridgehead atoms. The van der Waals surface area contributed by atoms with E-state index in [4.69, 9.17) is 4.98 Å². The molecule has 1 nitrogen and oxygen atoms in total. The third kappa shape index (κ3) is 3.63. The lowest BCUT2D eigenvalue weighted by molar-refractivity contribution is 0.795. The molecule has 2 heteroatoms. The van der Waals surface area contributed by atoms with Crippen LogP contribution in [0.1, 0.15) is 35.9 Å². The number of hydrogen-bond donors (Lipinski definition) is 0. The zero-order valence-corrected chi connectivity index (χ0v) is 13.8. The van der Waals surface area contributed by atoms with Crippen molar-refractivity contribution in [1.82, 2.24) is 4.98 Å². The van der Waals surface area contributed by atoms with Gasteiger partial charge in [0.15, 0.2) is 0 Å². The number of nitrogens with zero attached hydrogens (tertiary/aromatic N) is 1. The number of rotatable bonds is 6. The molecular formula is C20H21NS. The number of aromatic nitrogens is 1. The van der Waals surface area contributed by atoms with Crippen LogP contribution in [0, 0.1) is 0 Å². The molecule has 1 aromatic heterocycles. The van der Waals surface area contributed by atoms with Gasteiger partial charge < -0.3 is 0 Å². The second-order valence-corrected chi connectivity index (χ2v) is 6.60. The van der Waals surface area contributed by atoms with Gasteiger partial charge in [0.2, 0.25) is 0 Å². The highest BCUT2D eigenvalue weighted by atomic mass is 32.1. The smallest absolute Gasteiger partial charge is 0.123 e. The Balaban J connectivity index is 1.91. The molecule has 0 radical (unpaired) electrons. The van der Waals surface area contributed by atoms with Crippen LogP contribution in [0.5, 0.6) is 0 Å². The van der Waals surface area contributed by atoms with Gasteiger partial charge in [-0.2, -0.15) is 0 Å². The average Bonchev–Trinajstić information content (AvgIpc) is 2.97. The van der Waals surface area contributed by atoms with Gasteiger partial charge in [0.05, 0.1) is 5.69 Å². The van der Waals surface area contributed by atoms with Gasteiger partial charge in [0.1, 0.15) is 5.01 Å². The van der Waals surface area contributed by atoms with Gasteiger partial charge in [-0.1, -0.05) is 74.0 Å². The molecule has 0 N–H and O–H groups in total. The quantitative estimate of drug-likeness (QED) is 0.565. The van der Waals surface area contributed by atoms with E-state index in [-0.39, 0.29) is 0 Å². The Kier molecular flexibility index (Phi) is 5.02. The second-order valence-electron chi connectivity index (χ2n) is 5.52. The SMILES string of the molecule is CCCCc1sc(-c2ccccc2)nc1Cc1ccccc1. The fourth-order valence-corrected chi connectivity index (χ4v) is 3.67.